The lowest BCUT2D eigenvalue weighted by Gasteiger charge is -2.13. The number of thiazole rings is 1. The third kappa shape index (κ3) is 3.86. The quantitative estimate of drug-likeness (QED) is 0.217. The highest BCUT2D eigenvalue weighted by atomic mass is 32.1. The number of aromatic nitrogens is 2. The Hall–Kier alpha value is -3.64. The van der Waals surface area contributed by atoms with Crippen LogP contribution < -0.4 is 10.5 Å². The van der Waals surface area contributed by atoms with Crippen LogP contribution in [-0.4, -0.2) is 32.6 Å². The molecule has 0 bridgehead atoms. The molecule has 36 heavy (non-hydrogen) atoms. The fourth-order valence-electron chi connectivity index (χ4n) is 3.80. The number of nitrogens with two attached hydrogens (primary N) is 1. The van der Waals surface area contributed by atoms with Gasteiger partial charge in [-0.2, -0.15) is 0 Å². The van der Waals surface area contributed by atoms with Crippen LogP contribution in [0.5, 0.6) is 11.5 Å². The molecule has 3 N–H and O–H groups in total. The lowest BCUT2D eigenvalue weighted by molar-refractivity contribution is -0.127. The van der Waals surface area contributed by atoms with Gasteiger partial charge in [-0.1, -0.05) is 0 Å². The topological polar surface area (TPSA) is 125 Å². The Kier molecular flexibility index (Phi) is 5.38. The molecule has 0 aliphatic heterocycles. The molecule has 0 saturated heterocycles. The molecule has 1 aliphatic carbocycles. The summed E-state index contributed by atoms with van der Waals surface area (Å²) in [5.41, 5.74) is 5.78. The number of amides is 1. The summed E-state index contributed by atoms with van der Waals surface area (Å²) in [4.78, 5) is 35.1. The van der Waals surface area contributed by atoms with Gasteiger partial charge in [-0.3, -0.25) is 9.78 Å². The number of hydrogen-bond acceptors (Lipinski definition) is 10. The van der Waals surface area contributed by atoms with Gasteiger partial charge in [0, 0.05) is 32.6 Å². The third-order valence-electron chi connectivity index (χ3n) is 5.69. The average Bonchev–Trinajstić information content (AvgIpc) is 3.20. The van der Waals surface area contributed by atoms with Crippen LogP contribution >= 0.6 is 34.0 Å². The Morgan fingerprint density at radius 2 is 2.00 bits per heavy atom. The number of rotatable bonds is 7. The molecule has 0 atom stereocenters. The maximum Gasteiger partial charge on any atom is 0.341 e. The molecule has 0 spiro atoms. The molecule has 0 radical (unpaired) electrons. The Balaban J connectivity index is 1.30. The number of hydrogen-bond donors (Lipinski definition) is 2. The predicted octanol–water partition coefficient (Wildman–Crippen LogP) is 5.18. The second kappa shape index (κ2) is 8.49. The van der Waals surface area contributed by atoms with E-state index in [4.69, 9.17) is 15.2 Å². The number of nitrogens with zero attached hydrogens (tertiary/aromatic N) is 2. The maximum absolute atomic E-state index is 12.8. The Morgan fingerprint density at radius 3 is 2.72 bits per heavy atom. The van der Waals surface area contributed by atoms with Gasteiger partial charge in [-0.05, 0) is 43.3 Å². The molecule has 5 aromatic rings. The second-order valence-corrected chi connectivity index (χ2v) is 11.3. The molecule has 0 fully saturated rings. The number of aryl methyl sites for hydroxylation is 1. The molecule has 0 unspecified atom stereocenters. The van der Waals surface area contributed by atoms with Crippen LogP contribution in [-0.2, 0) is 16.1 Å². The number of aliphatic hydroxyl groups is 1. The standard InChI is InChI=1S/C25H17N3O5S3/c1-12-20(23(30)33-25(5-6-25)24(26)31)15-3-2-14(8-18(15)35-12)32-17-4-7-27-16-9-19(36-21(16)17)22-28-13(10-29)11-34-22/h2-9,11,29H,10H2,1H3,(H2,26,31). The number of carbonyl (C=O) groups excluding carboxylic acids is 2. The van der Waals surface area contributed by atoms with Gasteiger partial charge in [-0.15, -0.1) is 34.0 Å². The van der Waals surface area contributed by atoms with E-state index in [-0.39, 0.29) is 6.61 Å². The Labute approximate surface area is 216 Å². The van der Waals surface area contributed by atoms with Gasteiger partial charge in [-0.25, -0.2) is 9.78 Å². The van der Waals surface area contributed by atoms with Crippen LogP contribution in [0.15, 0.2) is 54.1 Å². The second-order valence-electron chi connectivity index (χ2n) is 8.11. The van der Waals surface area contributed by atoms with Crippen molar-refractivity contribution < 1.29 is 24.2 Å². The van der Waals surface area contributed by atoms with Crippen molar-refractivity contribution in [1.82, 2.24) is 9.97 Å². The number of pyridine rings is 1. The van der Waals surface area contributed by atoms with Gasteiger partial charge in [0.15, 0.2) is 0 Å². The molecule has 1 aliphatic rings. The molecule has 11 heteroatoms. The van der Waals surface area contributed by atoms with Crippen molar-refractivity contribution in [3.8, 4) is 21.4 Å². The van der Waals surface area contributed by atoms with Crippen LogP contribution in [0.2, 0.25) is 0 Å². The molecule has 1 aromatic carbocycles. The van der Waals surface area contributed by atoms with Crippen LogP contribution in [0.1, 0.15) is 20.9 Å². The van der Waals surface area contributed by atoms with Crippen molar-refractivity contribution in [2.24, 2.45) is 5.73 Å². The van der Waals surface area contributed by atoms with Gasteiger partial charge < -0.3 is 20.3 Å². The largest absolute Gasteiger partial charge is 0.456 e. The van der Waals surface area contributed by atoms with Crippen LogP contribution in [0, 0.1) is 6.92 Å². The van der Waals surface area contributed by atoms with E-state index >= 15 is 0 Å². The first kappa shape index (κ1) is 22.8. The van der Waals surface area contributed by atoms with Crippen LogP contribution in [0.25, 0.3) is 30.2 Å². The van der Waals surface area contributed by atoms with E-state index in [2.05, 4.69) is 9.97 Å². The predicted molar refractivity (Wildman–Crippen MR) is 140 cm³/mol. The van der Waals surface area contributed by atoms with Crippen molar-refractivity contribution in [3.05, 3.63) is 70.2 Å². The summed E-state index contributed by atoms with van der Waals surface area (Å²) >= 11 is 4.44. The number of benzene rings is 1. The Bertz CT molecular complexity index is 1710. The number of esters is 1. The van der Waals surface area contributed by atoms with E-state index in [0.29, 0.717) is 22.8 Å². The summed E-state index contributed by atoms with van der Waals surface area (Å²) in [6.45, 7) is 1.74. The first-order valence-corrected chi connectivity index (χ1v) is 13.3. The van der Waals surface area contributed by atoms with Crippen molar-refractivity contribution in [3.63, 3.8) is 0 Å². The summed E-state index contributed by atoms with van der Waals surface area (Å²) in [5.74, 6) is -0.0383. The molecular weight excluding hydrogens is 518 g/mol. The summed E-state index contributed by atoms with van der Waals surface area (Å²) in [6, 6.07) is 9.25. The van der Waals surface area contributed by atoms with Crippen LogP contribution in [0.4, 0.5) is 0 Å². The zero-order valence-electron chi connectivity index (χ0n) is 18.7. The van der Waals surface area contributed by atoms with Crippen molar-refractivity contribution in [2.75, 3.05) is 0 Å². The minimum absolute atomic E-state index is 0.0962. The molecular formula is C25H17N3O5S3. The fourth-order valence-corrected chi connectivity index (χ4v) is 6.82. The molecule has 4 heterocycles. The van der Waals surface area contributed by atoms with Gasteiger partial charge >= 0.3 is 5.97 Å². The number of primary amides is 1. The molecule has 4 aromatic heterocycles. The highest BCUT2D eigenvalue weighted by molar-refractivity contribution is 7.25. The summed E-state index contributed by atoms with van der Waals surface area (Å²) in [7, 11) is 0. The van der Waals surface area contributed by atoms with Gasteiger partial charge in [0.25, 0.3) is 5.91 Å². The normalized spacial score (nSPS) is 13.8. The van der Waals surface area contributed by atoms with Crippen LogP contribution in [0.3, 0.4) is 0 Å². The number of thiophene rings is 2. The highest BCUT2D eigenvalue weighted by Gasteiger charge is 2.45. The van der Waals surface area contributed by atoms with Crippen molar-refractivity contribution >= 4 is 66.2 Å². The molecule has 8 nitrogen and oxygen atoms in total. The molecule has 0 saturated carbocycles. The number of fused-ring (bicyclic) bond motifs is 2. The molecule has 1 amide bonds. The average molecular weight is 536 g/mol. The zero-order valence-corrected chi connectivity index (χ0v) is 21.1. The van der Waals surface area contributed by atoms with Gasteiger partial charge in [0.2, 0.25) is 5.60 Å². The van der Waals surface area contributed by atoms with Crippen molar-refractivity contribution in [2.45, 2.75) is 19.1 Å². The van der Waals surface area contributed by atoms with E-state index in [9.17, 15) is 14.7 Å². The number of aliphatic hydroxyl groups excluding tert-OH is 1. The minimum Gasteiger partial charge on any atom is -0.456 e. The van der Waals surface area contributed by atoms with Gasteiger partial charge in [0.1, 0.15) is 16.5 Å². The van der Waals surface area contributed by atoms with E-state index < -0.39 is 17.5 Å². The third-order valence-corrected chi connectivity index (χ3v) is 8.95. The fraction of sp³-hybridized carbons (Fsp3) is 0.120. The van der Waals surface area contributed by atoms with E-state index in [0.717, 1.165) is 35.1 Å². The number of ether oxygens (including phenoxy) is 2. The monoisotopic (exact) mass is 535 g/mol. The van der Waals surface area contributed by atoms with Gasteiger partial charge in [0.05, 0.1) is 33.0 Å². The first-order chi connectivity index (χ1) is 17.4. The smallest absolute Gasteiger partial charge is 0.341 e. The summed E-state index contributed by atoms with van der Waals surface area (Å²) in [6.07, 6.45) is 4.63. The highest BCUT2D eigenvalue weighted by Crippen LogP contribution is 2.41. The van der Waals surface area contributed by atoms with E-state index in [1.54, 1.807) is 12.3 Å². The van der Waals surface area contributed by atoms with E-state index in [1.807, 2.05) is 36.6 Å². The zero-order chi connectivity index (χ0) is 25.0. The lowest BCUT2D eigenvalue weighted by atomic mass is 10.1. The Morgan fingerprint density at radius 1 is 1.17 bits per heavy atom. The summed E-state index contributed by atoms with van der Waals surface area (Å²) < 4.78 is 13.4. The SMILES string of the molecule is Cc1sc2cc(Oc3ccnc4cc(-c5nc(CO)cs5)sc34)ccc2c1C(=O)OC1(C(N)=O)C=C1. The lowest BCUT2D eigenvalue weighted by Crippen LogP contribution is -2.36. The summed E-state index contributed by atoms with van der Waals surface area (Å²) in [5, 5.41) is 12.7. The maximum atomic E-state index is 12.8. The molecule has 6 rings (SSSR count). The van der Waals surface area contributed by atoms with E-state index in [1.165, 1.54) is 46.2 Å². The first-order valence-electron chi connectivity index (χ1n) is 10.8. The molecule has 180 valence electrons. The number of carbonyl (C=O) groups is 2. The van der Waals surface area contributed by atoms with Crippen molar-refractivity contribution in [1.29, 1.82) is 0 Å². The minimum atomic E-state index is -1.41.